The van der Waals surface area contributed by atoms with Gasteiger partial charge in [0, 0.05) is 18.9 Å². The molecule has 3 aromatic rings. The summed E-state index contributed by atoms with van der Waals surface area (Å²) < 4.78 is 5.70. The van der Waals surface area contributed by atoms with Gasteiger partial charge in [0.2, 0.25) is 0 Å². The summed E-state index contributed by atoms with van der Waals surface area (Å²) in [5, 5.41) is 0.768. The van der Waals surface area contributed by atoms with Crippen LogP contribution in [0.5, 0.6) is 0 Å². The van der Waals surface area contributed by atoms with Crippen LogP contribution in [0.2, 0.25) is 0 Å². The quantitative estimate of drug-likeness (QED) is 0.739. The van der Waals surface area contributed by atoms with E-state index in [0.717, 1.165) is 16.7 Å². The summed E-state index contributed by atoms with van der Waals surface area (Å²) in [7, 11) is 0. The van der Waals surface area contributed by atoms with Crippen molar-refractivity contribution in [2.45, 2.75) is 10.5 Å². The third-order valence-corrected chi connectivity index (χ3v) is 3.93. The van der Waals surface area contributed by atoms with Gasteiger partial charge in [-0.3, -0.25) is 4.98 Å². The molecule has 0 aliphatic rings. The van der Waals surface area contributed by atoms with Crippen molar-refractivity contribution in [3.05, 3.63) is 54.4 Å². The molecule has 0 bridgehead atoms. The smallest absolute Gasteiger partial charge is 0.257 e. The molecule has 19 heavy (non-hydrogen) atoms. The van der Waals surface area contributed by atoms with Crippen LogP contribution in [0.25, 0.3) is 11.1 Å². The maximum Gasteiger partial charge on any atom is 0.257 e. The molecule has 0 aliphatic heterocycles. The molecule has 0 amide bonds. The van der Waals surface area contributed by atoms with Crippen LogP contribution in [0.3, 0.4) is 0 Å². The van der Waals surface area contributed by atoms with Crippen LogP contribution in [0.4, 0.5) is 0 Å². The van der Waals surface area contributed by atoms with Crippen LogP contribution in [0.15, 0.2) is 58.4 Å². The zero-order valence-corrected chi connectivity index (χ0v) is 11.0. The number of para-hydroxylation sites is 2. The fourth-order valence-electron chi connectivity index (χ4n) is 1.85. The molecule has 0 fully saturated rings. The second-order valence-electron chi connectivity index (χ2n) is 4.07. The summed E-state index contributed by atoms with van der Waals surface area (Å²) in [5.41, 5.74) is 8.64. The van der Waals surface area contributed by atoms with Gasteiger partial charge in [-0.05, 0) is 29.8 Å². The summed E-state index contributed by atoms with van der Waals surface area (Å²) in [5.74, 6) is 0. The van der Waals surface area contributed by atoms with Crippen molar-refractivity contribution in [3.63, 3.8) is 0 Å². The third kappa shape index (κ3) is 2.62. The minimum atomic E-state index is 0.121. The van der Waals surface area contributed by atoms with Crippen molar-refractivity contribution < 1.29 is 4.42 Å². The molecular weight excluding hydrogens is 258 g/mol. The first kappa shape index (κ1) is 12.2. The lowest BCUT2D eigenvalue weighted by molar-refractivity contribution is 0.488. The maximum absolute atomic E-state index is 5.84. The van der Waals surface area contributed by atoms with Gasteiger partial charge in [-0.25, -0.2) is 4.98 Å². The van der Waals surface area contributed by atoms with Crippen LogP contribution >= 0.6 is 11.8 Å². The summed E-state index contributed by atoms with van der Waals surface area (Å²) >= 11 is 1.54. The first-order valence-corrected chi connectivity index (χ1v) is 6.87. The average Bonchev–Trinajstić information content (AvgIpc) is 2.88. The zero-order chi connectivity index (χ0) is 13.1. The molecular formula is C14H13N3OS. The van der Waals surface area contributed by atoms with Crippen molar-refractivity contribution >= 4 is 22.9 Å². The number of oxazole rings is 1. The molecule has 0 spiro atoms. The second-order valence-corrected chi connectivity index (χ2v) is 5.22. The molecule has 5 heteroatoms. The molecule has 0 radical (unpaired) electrons. The highest BCUT2D eigenvalue weighted by Gasteiger charge is 2.15. The minimum absolute atomic E-state index is 0.121. The highest BCUT2D eigenvalue weighted by atomic mass is 32.2. The van der Waals surface area contributed by atoms with Gasteiger partial charge in [0.1, 0.15) is 5.52 Å². The van der Waals surface area contributed by atoms with Crippen molar-refractivity contribution in [1.82, 2.24) is 9.97 Å². The lowest BCUT2D eigenvalue weighted by Crippen LogP contribution is -2.09. The summed E-state index contributed by atoms with van der Waals surface area (Å²) in [6.07, 6.45) is 3.54. The number of nitrogens with zero attached hydrogens (tertiary/aromatic N) is 2. The number of fused-ring (bicyclic) bond motifs is 1. The Morgan fingerprint density at radius 1 is 1.16 bits per heavy atom. The van der Waals surface area contributed by atoms with E-state index in [1.165, 1.54) is 11.8 Å². The molecule has 96 valence electrons. The number of hydrogen-bond donors (Lipinski definition) is 1. The Labute approximate surface area is 115 Å². The van der Waals surface area contributed by atoms with E-state index in [1.807, 2.05) is 36.4 Å². The lowest BCUT2D eigenvalue weighted by Gasteiger charge is -2.11. The molecule has 1 aromatic carbocycles. The number of nitrogens with two attached hydrogens (primary N) is 1. The highest BCUT2D eigenvalue weighted by molar-refractivity contribution is 7.99. The maximum atomic E-state index is 5.84. The first-order valence-electron chi connectivity index (χ1n) is 5.99. The van der Waals surface area contributed by atoms with Crippen molar-refractivity contribution in [2.24, 2.45) is 5.73 Å². The highest BCUT2D eigenvalue weighted by Crippen LogP contribution is 2.35. The van der Waals surface area contributed by atoms with Crippen molar-refractivity contribution in [1.29, 1.82) is 0 Å². The van der Waals surface area contributed by atoms with Crippen LogP contribution in [-0.4, -0.2) is 16.5 Å². The topological polar surface area (TPSA) is 64.9 Å². The molecule has 0 aliphatic carbocycles. The normalized spacial score (nSPS) is 12.7. The van der Waals surface area contributed by atoms with E-state index in [1.54, 1.807) is 12.4 Å². The second kappa shape index (κ2) is 5.42. The van der Waals surface area contributed by atoms with E-state index in [2.05, 4.69) is 9.97 Å². The van der Waals surface area contributed by atoms with Gasteiger partial charge in [-0.2, -0.15) is 0 Å². The van der Waals surface area contributed by atoms with Gasteiger partial charge in [0.15, 0.2) is 5.58 Å². The largest absolute Gasteiger partial charge is 0.431 e. The molecule has 0 saturated carbocycles. The number of pyridine rings is 1. The molecule has 4 nitrogen and oxygen atoms in total. The van der Waals surface area contributed by atoms with E-state index in [-0.39, 0.29) is 5.25 Å². The summed E-state index contributed by atoms with van der Waals surface area (Å²) in [6, 6.07) is 11.7. The number of aromatic nitrogens is 2. The van der Waals surface area contributed by atoms with E-state index < -0.39 is 0 Å². The Hall–Kier alpha value is -1.85. The predicted molar refractivity (Wildman–Crippen MR) is 75.9 cm³/mol. The van der Waals surface area contributed by atoms with Gasteiger partial charge in [0.25, 0.3) is 5.22 Å². The third-order valence-electron chi connectivity index (χ3n) is 2.81. The number of rotatable bonds is 4. The Kier molecular flexibility index (Phi) is 3.48. The Morgan fingerprint density at radius 3 is 2.68 bits per heavy atom. The molecule has 1 unspecified atom stereocenters. The zero-order valence-electron chi connectivity index (χ0n) is 10.2. The lowest BCUT2D eigenvalue weighted by atomic mass is 10.2. The Bertz CT molecular complexity index is 636. The van der Waals surface area contributed by atoms with Crippen LogP contribution < -0.4 is 5.73 Å². The van der Waals surface area contributed by atoms with Gasteiger partial charge in [0.05, 0.1) is 5.25 Å². The molecule has 3 rings (SSSR count). The SMILES string of the molecule is NCC(Sc1nc2ccccc2o1)c1ccncc1. The Balaban J connectivity index is 1.86. The van der Waals surface area contributed by atoms with Crippen LogP contribution in [0.1, 0.15) is 10.8 Å². The van der Waals surface area contributed by atoms with E-state index in [4.69, 9.17) is 10.2 Å². The number of benzene rings is 1. The first-order chi connectivity index (χ1) is 9.36. The van der Waals surface area contributed by atoms with Gasteiger partial charge in [-0.1, -0.05) is 23.9 Å². The fraction of sp³-hybridized carbons (Fsp3) is 0.143. The van der Waals surface area contributed by atoms with Crippen LogP contribution in [0, 0.1) is 0 Å². The Morgan fingerprint density at radius 2 is 1.95 bits per heavy atom. The number of hydrogen-bond acceptors (Lipinski definition) is 5. The molecule has 2 heterocycles. The number of thioether (sulfide) groups is 1. The van der Waals surface area contributed by atoms with E-state index in [0.29, 0.717) is 11.8 Å². The van der Waals surface area contributed by atoms with Crippen molar-refractivity contribution in [3.8, 4) is 0 Å². The van der Waals surface area contributed by atoms with Crippen LogP contribution in [-0.2, 0) is 0 Å². The average molecular weight is 271 g/mol. The molecule has 2 aromatic heterocycles. The standard InChI is InChI=1S/C14H13N3OS/c15-9-13(10-5-7-16-8-6-10)19-14-17-11-3-1-2-4-12(11)18-14/h1-8,13H,9,15H2. The van der Waals surface area contributed by atoms with E-state index in [9.17, 15) is 0 Å². The van der Waals surface area contributed by atoms with Gasteiger partial charge in [-0.15, -0.1) is 0 Å². The van der Waals surface area contributed by atoms with Crippen molar-refractivity contribution in [2.75, 3.05) is 6.54 Å². The monoisotopic (exact) mass is 271 g/mol. The summed E-state index contributed by atoms with van der Waals surface area (Å²) in [6.45, 7) is 0.521. The fourth-order valence-corrected chi connectivity index (χ4v) is 2.78. The molecule has 0 saturated heterocycles. The molecule has 2 N–H and O–H groups in total. The van der Waals surface area contributed by atoms with Gasteiger partial charge >= 0.3 is 0 Å². The minimum Gasteiger partial charge on any atom is -0.431 e. The van der Waals surface area contributed by atoms with Gasteiger partial charge < -0.3 is 10.2 Å². The van der Waals surface area contributed by atoms with E-state index >= 15 is 0 Å². The predicted octanol–water partition coefficient (Wildman–Crippen LogP) is 3.01. The molecule has 1 atom stereocenters. The summed E-state index contributed by atoms with van der Waals surface area (Å²) in [4.78, 5) is 8.47.